The first-order valence-corrected chi connectivity index (χ1v) is 37.0. The van der Waals surface area contributed by atoms with Gasteiger partial charge in [-0.25, -0.2) is 0 Å². The normalized spacial score (nSPS) is 16.5. The fraction of sp³-hybridized carbons (Fsp3) is 1.00. The zero-order chi connectivity index (χ0) is 56.9. The SMILES string of the molecule is CCCCCCCCOP(=O)(O)C(O)P(=O)(O)O.CCCCCCCCOP(=O)(O)C(O)P(=O)(O)O.CCCCCCCCOP(=O)(O)C(O)P(=O)(O)O.CCCCCCCCOP(=O)(O)C(O)P(=O)(O)O.[H-].[H-].[H-].[H-].[Na+].[Na+].[Na+].[Na+]. The molecule has 0 aliphatic rings. The molecule has 0 aromatic heterocycles. The minimum absolute atomic E-state index is 0. The second-order valence-corrected chi connectivity index (χ2v) is 32.2. The molecule has 76 heavy (non-hydrogen) atoms. The monoisotopic (exact) mass is 1310 g/mol. The summed E-state index contributed by atoms with van der Waals surface area (Å²) < 4.78 is 106. The van der Waals surface area contributed by atoms with Gasteiger partial charge in [0.1, 0.15) is 0 Å². The second-order valence-electron chi connectivity index (χ2n) is 16.4. The summed E-state index contributed by atoms with van der Waals surface area (Å²) in [6.45, 7) is 7.97. The third-order valence-electron chi connectivity index (χ3n) is 9.47. The van der Waals surface area contributed by atoms with Gasteiger partial charge >= 0.3 is 179 Å². The molecule has 0 fully saturated rings. The molecule has 8 unspecified atom stereocenters. The predicted molar refractivity (Wildman–Crippen MR) is 273 cm³/mol. The molecule has 448 valence electrons. The molecule has 0 amide bonds. The molecular weight excluding hydrogens is 1220 g/mol. The van der Waals surface area contributed by atoms with Crippen LogP contribution in [0.25, 0.3) is 0 Å². The summed E-state index contributed by atoms with van der Waals surface area (Å²) in [6.07, 6.45) is 22.6. The molecule has 0 spiro atoms. The van der Waals surface area contributed by atoms with Crippen LogP contribution in [0.5, 0.6) is 0 Å². The maximum absolute atomic E-state index is 11.3. The van der Waals surface area contributed by atoms with Crippen molar-refractivity contribution in [1.29, 1.82) is 0 Å². The summed E-state index contributed by atoms with van der Waals surface area (Å²) in [5.74, 6) is 0. The number of aliphatic hydroxyl groups is 4. The summed E-state index contributed by atoms with van der Waals surface area (Å²) in [5, 5.41) is 35.9. The van der Waals surface area contributed by atoms with E-state index < -0.39 is 83.1 Å². The largest absolute Gasteiger partial charge is 1.00 e. The summed E-state index contributed by atoms with van der Waals surface area (Å²) >= 11 is 0. The van der Waals surface area contributed by atoms with Gasteiger partial charge in [0.05, 0.1) is 26.4 Å². The van der Waals surface area contributed by atoms with Crippen molar-refractivity contribution in [2.45, 2.75) is 204 Å². The van der Waals surface area contributed by atoms with E-state index in [-0.39, 0.29) is 150 Å². The van der Waals surface area contributed by atoms with E-state index >= 15 is 0 Å². The van der Waals surface area contributed by atoms with E-state index in [1.165, 1.54) is 0 Å². The molecule has 28 nitrogen and oxygen atoms in total. The number of unbranched alkanes of at least 4 members (excludes halogenated alkanes) is 20. The zero-order valence-corrected chi connectivity index (χ0v) is 60.9. The van der Waals surface area contributed by atoms with Gasteiger partial charge in [0.15, 0.2) is 0 Å². The molecule has 8 atom stereocenters. The zero-order valence-electron chi connectivity index (χ0n) is 49.7. The third-order valence-corrected chi connectivity index (χ3v) is 23.5. The van der Waals surface area contributed by atoms with Crippen LogP contribution in [0.15, 0.2) is 0 Å². The summed E-state index contributed by atoms with van der Waals surface area (Å²) in [4.78, 5) is 105. The Kier molecular flexibility index (Phi) is 68.0. The Balaban J connectivity index is -0.0000000746. The second kappa shape index (κ2) is 53.1. The molecule has 0 bridgehead atoms. The van der Waals surface area contributed by atoms with Crippen LogP contribution < -0.4 is 118 Å². The van der Waals surface area contributed by atoms with Crippen molar-refractivity contribution in [3.8, 4) is 0 Å². The van der Waals surface area contributed by atoms with Gasteiger partial charge in [-0.15, -0.1) is 0 Å². The molecule has 0 radical (unpaired) electrons. The number of hydrogen-bond donors (Lipinski definition) is 16. The van der Waals surface area contributed by atoms with Crippen molar-refractivity contribution >= 4 is 60.8 Å². The van der Waals surface area contributed by atoms with Gasteiger partial charge < -0.3 is 103 Å². The molecule has 0 aromatic carbocycles. The van der Waals surface area contributed by atoms with Crippen molar-refractivity contribution in [3.05, 3.63) is 0 Å². The maximum atomic E-state index is 11.3. The molecule has 0 aliphatic carbocycles. The Morgan fingerprint density at radius 3 is 0.500 bits per heavy atom. The van der Waals surface area contributed by atoms with E-state index in [9.17, 15) is 36.5 Å². The van der Waals surface area contributed by atoms with Crippen molar-refractivity contribution < 1.29 is 258 Å². The van der Waals surface area contributed by atoms with Crippen LogP contribution in [0.4, 0.5) is 0 Å². The molecule has 0 aliphatic heterocycles. The van der Waals surface area contributed by atoms with Crippen LogP contribution in [0, 0.1) is 0 Å². The van der Waals surface area contributed by atoms with E-state index in [1.54, 1.807) is 0 Å². The molecule has 0 saturated heterocycles. The molecule has 0 heterocycles. The van der Waals surface area contributed by atoms with Gasteiger partial charge in [-0.2, -0.15) is 0 Å². The van der Waals surface area contributed by atoms with Gasteiger partial charge in [0.25, 0.3) is 22.3 Å². The van der Waals surface area contributed by atoms with Gasteiger partial charge in [0, 0.05) is 0 Å². The van der Waals surface area contributed by atoms with E-state index in [4.69, 9.17) is 79.1 Å². The van der Waals surface area contributed by atoms with Crippen molar-refractivity contribution in [3.63, 3.8) is 0 Å². The van der Waals surface area contributed by atoms with Crippen molar-refractivity contribution in [2.75, 3.05) is 26.4 Å². The van der Waals surface area contributed by atoms with Crippen molar-refractivity contribution in [1.82, 2.24) is 0 Å². The Morgan fingerprint density at radius 1 is 0.263 bits per heavy atom. The molecule has 40 heteroatoms. The smallest absolute Gasteiger partial charge is 1.00 e. The first-order valence-electron chi connectivity index (χ1n) is 23.7. The fourth-order valence-corrected chi connectivity index (χ4v) is 14.3. The van der Waals surface area contributed by atoms with Crippen LogP contribution in [-0.2, 0) is 54.6 Å². The Bertz CT molecular complexity index is 1550. The van der Waals surface area contributed by atoms with Crippen LogP contribution in [0.3, 0.4) is 0 Å². The molecule has 0 rings (SSSR count). The van der Waals surface area contributed by atoms with Crippen LogP contribution in [-0.4, -0.2) is 128 Å². The summed E-state index contributed by atoms with van der Waals surface area (Å²) in [7, 11) is -38.8. The summed E-state index contributed by atoms with van der Waals surface area (Å²) in [6, 6.07) is 0. The van der Waals surface area contributed by atoms with Gasteiger partial charge in [-0.1, -0.05) is 156 Å². The van der Waals surface area contributed by atoms with E-state index in [0.717, 1.165) is 128 Å². The molecule has 16 N–H and O–H groups in total. The van der Waals surface area contributed by atoms with Crippen LogP contribution in [0.1, 0.15) is 188 Å². The van der Waals surface area contributed by atoms with E-state index in [2.05, 4.69) is 45.8 Å². The van der Waals surface area contributed by atoms with Crippen LogP contribution >= 0.6 is 60.8 Å². The van der Waals surface area contributed by atoms with Crippen molar-refractivity contribution in [2.24, 2.45) is 0 Å². The molecule has 0 aromatic rings. The predicted octanol–water partition coefficient (Wildman–Crippen LogP) is -3.52. The molecule has 0 saturated carbocycles. The fourth-order valence-electron chi connectivity index (χ4n) is 5.34. The van der Waals surface area contributed by atoms with Gasteiger partial charge in [-0.3, -0.25) is 36.5 Å². The summed E-state index contributed by atoms with van der Waals surface area (Å²) in [5.41, 5.74) is -10.6. The Morgan fingerprint density at radius 2 is 0.382 bits per heavy atom. The number of rotatable bonds is 40. The first-order chi connectivity index (χ1) is 32.9. The van der Waals surface area contributed by atoms with Gasteiger partial charge in [-0.05, 0) is 25.7 Å². The Hall–Kier alpha value is 5.04. The average Bonchev–Trinajstić information content (AvgIpc) is 3.26. The minimum Gasteiger partial charge on any atom is -1.00 e. The standard InChI is InChI=1S/4C9H22O7P2.4Na.4H/c4*1-2-3-4-5-6-7-8-16-18(14,15)9(10)17(11,12)13;;;;;;;;/h4*9-10H,2-8H2,1H3,(H,14,15)(H2,11,12,13);;;;;;;;/q;;;;4*+1;4*-1. The third kappa shape index (κ3) is 55.6. The topological polar surface area (TPSA) is 497 Å². The number of aliphatic hydroxyl groups excluding tert-OH is 4. The van der Waals surface area contributed by atoms with Gasteiger partial charge in [0.2, 0.25) is 0 Å². The minimum atomic E-state index is -5.03. The van der Waals surface area contributed by atoms with Crippen LogP contribution in [0.2, 0.25) is 0 Å². The number of hydrogen-bond acceptors (Lipinski definition) is 16. The maximum Gasteiger partial charge on any atom is 1.00 e. The molecular formula is C36H92Na4O28P8. The van der Waals surface area contributed by atoms with E-state index in [1.807, 2.05) is 0 Å². The Labute approximate surface area is 543 Å². The first kappa shape index (κ1) is 97.3. The quantitative estimate of drug-likeness (QED) is 0.0161. The average molecular weight is 1310 g/mol. The van der Waals surface area contributed by atoms with E-state index in [0.29, 0.717) is 25.7 Å².